The third-order valence-corrected chi connectivity index (χ3v) is 6.90. The van der Waals surface area contributed by atoms with Crippen molar-refractivity contribution in [3.8, 4) is 0 Å². The van der Waals surface area contributed by atoms with Gasteiger partial charge in [-0.1, -0.05) is 42.3 Å². The van der Waals surface area contributed by atoms with E-state index >= 15 is 0 Å². The van der Waals surface area contributed by atoms with Crippen molar-refractivity contribution in [3.63, 3.8) is 0 Å². The van der Waals surface area contributed by atoms with Crippen LogP contribution in [0.2, 0.25) is 5.02 Å². The molecule has 1 aliphatic rings. The van der Waals surface area contributed by atoms with Gasteiger partial charge in [-0.05, 0) is 42.2 Å². The van der Waals surface area contributed by atoms with Crippen LogP contribution in [0.15, 0.2) is 47.4 Å². The van der Waals surface area contributed by atoms with E-state index in [0.29, 0.717) is 36.1 Å². The summed E-state index contributed by atoms with van der Waals surface area (Å²) in [6.45, 7) is 1.97. The van der Waals surface area contributed by atoms with Crippen molar-refractivity contribution >= 4 is 21.6 Å². The van der Waals surface area contributed by atoms with Crippen molar-refractivity contribution in [1.82, 2.24) is 9.62 Å². The van der Waals surface area contributed by atoms with Gasteiger partial charge in [0.25, 0.3) is 0 Å². The van der Waals surface area contributed by atoms with Gasteiger partial charge in [0, 0.05) is 31.2 Å². The summed E-state index contributed by atoms with van der Waals surface area (Å²) in [5, 5.41) is 3.56. The fraction of sp³-hybridized carbons (Fsp3) is 0.368. The summed E-state index contributed by atoms with van der Waals surface area (Å²) in [5.41, 5.74) is 1.49. The first kappa shape index (κ1) is 19.3. The molecule has 0 atom stereocenters. The highest BCUT2D eigenvalue weighted by molar-refractivity contribution is 7.89. The van der Waals surface area contributed by atoms with Crippen molar-refractivity contribution in [1.29, 1.82) is 0 Å². The van der Waals surface area contributed by atoms with Crippen molar-refractivity contribution in [2.75, 3.05) is 13.1 Å². The molecule has 0 radical (unpaired) electrons. The average molecular weight is 397 g/mol. The van der Waals surface area contributed by atoms with Crippen molar-refractivity contribution in [2.45, 2.75) is 37.2 Å². The largest absolute Gasteiger partial charge is 0.309 e. The summed E-state index contributed by atoms with van der Waals surface area (Å²) < 4.78 is 40.6. The number of hydrogen-bond donors (Lipinski definition) is 1. The summed E-state index contributed by atoms with van der Waals surface area (Å²) in [6, 6.07) is 11.3. The number of piperidine rings is 1. The van der Waals surface area contributed by atoms with E-state index in [2.05, 4.69) is 5.32 Å². The zero-order valence-electron chi connectivity index (χ0n) is 14.4. The van der Waals surface area contributed by atoms with Gasteiger partial charge in [0.2, 0.25) is 10.0 Å². The Kier molecular flexibility index (Phi) is 6.29. The van der Waals surface area contributed by atoms with Crippen LogP contribution in [-0.4, -0.2) is 25.8 Å². The van der Waals surface area contributed by atoms with Crippen molar-refractivity contribution in [2.24, 2.45) is 0 Å². The van der Waals surface area contributed by atoms with Gasteiger partial charge in [-0.15, -0.1) is 0 Å². The van der Waals surface area contributed by atoms with Crippen molar-refractivity contribution in [3.05, 3.63) is 64.4 Å². The maximum atomic E-state index is 13.1. The molecule has 2 aromatic rings. The maximum absolute atomic E-state index is 13.1. The lowest BCUT2D eigenvalue weighted by atomic mass is 10.2. The number of halogens is 2. The van der Waals surface area contributed by atoms with Gasteiger partial charge in [-0.3, -0.25) is 0 Å². The highest BCUT2D eigenvalue weighted by Crippen LogP contribution is 2.24. The van der Waals surface area contributed by atoms with Crippen LogP contribution in [0, 0.1) is 5.82 Å². The lowest BCUT2D eigenvalue weighted by Crippen LogP contribution is -2.36. The van der Waals surface area contributed by atoms with Gasteiger partial charge in [-0.25, -0.2) is 12.8 Å². The number of hydrogen-bond acceptors (Lipinski definition) is 3. The minimum atomic E-state index is -3.48. The molecule has 1 heterocycles. The van der Waals surface area contributed by atoms with Crippen LogP contribution in [0.25, 0.3) is 0 Å². The van der Waals surface area contributed by atoms with Crippen LogP contribution in [0.4, 0.5) is 4.39 Å². The van der Waals surface area contributed by atoms with Gasteiger partial charge in [0.15, 0.2) is 0 Å². The van der Waals surface area contributed by atoms with E-state index in [0.717, 1.165) is 30.4 Å². The Labute approximate surface area is 159 Å². The third-order valence-electron chi connectivity index (χ3n) is 4.55. The molecule has 140 valence electrons. The standard InChI is InChI=1S/C19H22ClFN2O2S/c20-18-12-17(21)9-8-15(18)13-22-14-16-6-2-3-7-19(16)26(24,25)23-10-4-1-5-11-23/h2-3,6-9,12,22H,1,4-5,10-11,13-14H2. The Hall–Kier alpha value is -1.47. The zero-order valence-corrected chi connectivity index (χ0v) is 16.0. The molecule has 0 unspecified atom stereocenters. The molecule has 7 heteroatoms. The van der Waals surface area contributed by atoms with Crippen LogP contribution in [0.1, 0.15) is 30.4 Å². The molecule has 0 aliphatic carbocycles. The van der Waals surface area contributed by atoms with Gasteiger partial charge in [-0.2, -0.15) is 4.31 Å². The SMILES string of the molecule is O=S(=O)(c1ccccc1CNCc1ccc(F)cc1Cl)N1CCCCC1. The Bertz CT molecular complexity index is 868. The maximum Gasteiger partial charge on any atom is 0.243 e. The lowest BCUT2D eigenvalue weighted by Gasteiger charge is -2.26. The quantitative estimate of drug-likeness (QED) is 0.804. The van der Waals surface area contributed by atoms with Crippen molar-refractivity contribution < 1.29 is 12.8 Å². The van der Waals surface area contributed by atoms with E-state index in [1.807, 2.05) is 12.1 Å². The molecule has 4 nitrogen and oxygen atoms in total. The number of benzene rings is 2. The number of rotatable bonds is 6. The van der Waals surface area contributed by atoms with Crippen LogP contribution >= 0.6 is 11.6 Å². The van der Waals surface area contributed by atoms with E-state index in [-0.39, 0.29) is 5.82 Å². The highest BCUT2D eigenvalue weighted by Gasteiger charge is 2.27. The van der Waals surface area contributed by atoms with Gasteiger partial charge < -0.3 is 5.32 Å². The second-order valence-electron chi connectivity index (χ2n) is 6.41. The van der Waals surface area contributed by atoms with E-state index in [1.165, 1.54) is 12.1 Å². The molecule has 2 aromatic carbocycles. The summed E-state index contributed by atoms with van der Waals surface area (Å²) in [4.78, 5) is 0.347. The molecule has 1 N–H and O–H groups in total. The molecule has 1 fully saturated rings. The number of nitrogens with zero attached hydrogens (tertiary/aromatic N) is 1. The fourth-order valence-electron chi connectivity index (χ4n) is 3.14. The number of nitrogens with one attached hydrogen (secondary N) is 1. The molecule has 26 heavy (non-hydrogen) atoms. The second kappa shape index (κ2) is 8.48. The van der Waals surface area contributed by atoms with E-state index < -0.39 is 10.0 Å². The molecule has 1 saturated heterocycles. The fourth-order valence-corrected chi connectivity index (χ4v) is 5.12. The van der Waals surface area contributed by atoms with Gasteiger partial charge in [0.05, 0.1) is 4.90 Å². The normalized spacial score (nSPS) is 15.9. The molecule has 0 amide bonds. The highest BCUT2D eigenvalue weighted by atomic mass is 35.5. The molecule has 0 saturated carbocycles. The van der Waals surface area contributed by atoms with E-state index in [1.54, 1.807) is 22.5 Å². The van der Waals surface area contributed by atoms with Crippen LogP contribution in [-0.2, 0) is 23.1 Å². The third kappa shape index (κ3) is 4.43. The predicted molar refractivity (Wildman–Crippen MR) is 101 cm³/mol. The Morgan fingerprint density at radius 2 is 1.69 bits per heavy atom. The molecule has 0 bridgehead atoms. The first-order chi connectivity index (χ1) is 12.5. The minimum absolute atomic E-state index is 0.347. The van der Waals surface area contributed by atoms with Gasteiger partial charge >= 0.3 is 0 Å². The minimum Gasteiger partial charge on any atom is -0.309 e. The van der Waals surface area contributed by atoms with Crippen LogP contribution in [0.5, 0.6) is 0 Å². The first-order valence-corrected chi connectivity index (χ1v) is 10.5. The lowest BCUT2D eigenvalue weighted by molar-refractivity contribution is 0.346. The van der Waals surface area contributed by atoms with E-state index in [9.17, 15) is 12.8 Å². The molecular formula is C19H22ClFN2O2S. The van der Waals surface area contributed by atoms with E-state index in [4.69, 9.17) is 11.6 Å². The number of sulfonamides is 1. The molecule has 3 rings (SSSR count). The topological polar surface area (TPSA) is 49.4 Å². The monoisotopic (exact) mass is 396 g/mol. The average Bonchev–Trinajstić information content (AvgIpc) is 2.64. The Morgan fingerprint density at radius 1 is 1.00 bits per heavy atom. The Balaban J connectivity index is 1.73. The Morgan fingerprint density at radius 3 is 2.42 bits per heavy atom. The first-order valence-electron chi connectivity index (χ1n) is 8.71. The zero-order chi connectivity index (χ0) is 18.6. The molecule has 0 aromatic heterocycles. The van der Waals surface area contributed by atoms with Crippen LogP contribution < -0.4 is 5.32 Å². The molecule has 0 spiro atoms. The molecule has 1 aliphatic heterocycles. The predicted octanol–water partition coefficient (Wildman–Crippen LogP) is 3.94. The summed E-state index contributed by atoms with van der Waals surface area (Å²) in [6.07, 6.45) is 2.89. The summed E-state index contributed by atoms with van der Waals surface area (Å²) in [7, 11) is -3.48. The summed E-state index contributed by atoms with van der Waals surface area (Å²) >= 11 is 6.03. The van der Waals surface area contributed by atoms with Crippen LogP contribution in [0.3, 0.4) is 0 Å². The molecular weight excluding hydrogens is 375 g/mol. The summed E-state index contributed by atoms with van der Waals surface area (Å²) in [5.74, 6) is -0.378. The second-order valence-corrected chi connectivity index (χ2v) is 8.73. The smallest absolute Gasteiger partial charge is 0.243 e. The van der Waals surface area contributed by atoms with Gasteiger partial charge in [0.1, 0.15) is 5.82 Å².